The lowest BCUT2D eigenvalue weighted by Crippen LogP contribution is -2.14. The van der Waals surface area contributed by atoms with E-state index in [1.54, 1.807) is 0 Å². The Kier molecular flexibility index (Phi) is 5.89. The second-order valence-electron chi connectivity index (χ2n) is 4.48. The molecular formula is C16H17BrClNO. The molecule has 0 unspecified atom stereocenters. The Morgan fingerprint density at radius 3 is 2.60 bits per heavy atom. The van der Waals surface area contributed by atoms with Crippen LogP contribution in [-0.2, 0) is 6.54 Å². The van der Waals surface area contributed by atoms with Crippen LogP contribution in [-0.4, -0.2) is 6.54 Å². The van der Waals surface area contributed by atoms with Gasteiger partial charge in [-0.15, -0.1) is 0 Å². The van der Waals surface area contributed by atoms with Gasteiger partial charge in [-0.3, -0.25) is 0 Å². The summed E-state index contributed by atoms with van der Waals surface area (Å²) in [7, 11) is 0. The molecular weight excluding hydrogens is 338 g/mol. The number of rotatable bonds is 6. The van der Waals surface area contributed by atoms with Crippen molar-refractivity contribution in [1.29, 1.82) is 0 Å². The van der Waals surface area contributed by atoms with E-state index in [-0.39, 0.29) is 0 Å². The summed E-state index contributed by atoms with van der Waals surface area (Å²) < 4.78 is 6.96. The second kappa shape index (κ2) is 7.67. The fraction of sp³-hybridized carbons (Fsp3) is 0.250. The van der Waals surface area contributed by atoms with Crippen LogP contribution in [0.15, 0.2) is 46.9 Å². The minimum Gasteiger partial charge on any atom is -0.457 e. The minimum atomic E-state index is 0.724. The van der Waals surface area contributed by atoms with E-state index in [9.17, 15) is 0 Å². The van der Waals surface area contributed by atoms with E-state index >= 15 is 0 Å². The van der Waals surface area contributed by atoms with Gasteiger partial charge in [0, 0.05) is 21.6 Å². The predicted molar refractivity (Wildman–Crippen MR) is 87.7 cm³/mol. The van der Waals surface area contributed by atoms with Crippen molar-refractivity contribution >= 4 is 27.5 Å². The van der Waals surface area contributed by atoms with Crippen LogP contribution in [0.3, 0.4) is 0 Å². The Morgan fingerprint density at radius 2 is 1.90 bits per heavy atom. The van der Waals surface area contributed by atoms with Crippen molar-refractivity contribution in [2.24, 2.45) is 0 Å². The van der Waals surface area contributed by atoms with Crippen LogP contribution in [0.4, 0.5) is 0 Å². The average molecular weight is 355 g/mol. The monoisotopic (exact) mass is 353 g/mol. The molecule has 2 aromatic rings. The molecule has 0 saturated carbocycles. The average Bonchev–Trinajstić information content (AvgIpc) is 2.44. The van der Waals surface area contributed by atoms with Gasteiger partial charge in [-0.05, 0) is 55.4 Å². The number of benzene rings is 2. The summed E-state index contributed by atoms with van der Waals surface area (Å²) in [4.78, 5) is 0. The highest BCUT2D eigenvalue weighted by molar-refractivity contribution is 9.10. The summed E-state index contributed by atoms with van der Waals surface area (Å²) in [5, 5.41) is 4.09. The first-order valence-corrected chi connectivity index (χ1v) is 7.78. The van der Waals surface area contributed by atoms with Gasteiger partial charge in [-0.1, -0.05) is 34.5 Å². The molecule has 0 saturated heterocycles. The van der Waals surface area contributed by atoms with Crippen LogP contribution < -0.4 is 10.1 Å². The summed E-state index contributed by atoms with van der Waals surface area (Å²) in [5.41, 5.74) is 1.06. The number of halogens is 2. The topological polar surface area (TPSA) is 21.3 Å². The molecule has 0 aliphatic heterocycles. The van der Waals surface area contributed by atoms with E-state index in [1.807, 2.05) is 42.5 Å². The summed E-state index contributed by atoms with van der Waals surface area (Å²) in [6, 6.07) is 13.5. The van der Waals surface area contributed by atoms with Crippen LogP contribution >= 0.6 is 27.5 Å². The summed E-state index contributed by atoms with van der Waals surface area (Å²) >= 11 is 9.48. The molecule has 0 spiro atoms. The maximum absolute atomic E-state index is 6.06. The first-order valence-electron chi connectivity index (χ1n) is 6.61. The maximum atomic E-state index is 6.06. The van der Waals surface area contributed by atoms with Crippen LogP contribution in [0.5, 0.6) is 11.5 Å². The van der Waals surface area contributed by atoms with Gasteiger partial charge in [0.2, 0.25) is 0 Å². The highest BCUT2D eigenvalue weighted by Gasteiger charge is 2.06. The van der Waals surface area contributed by atoms with E-state index < -0.39 is 0 Å². The van der Waals surface area contributed by atoms with Crippen molar-refractivity contribution in [2.45, 2.75) is 19.9 Å². The van der Waals surface area contributed by atoms with Crippen molar-refractivity contribution in [1.82, 2.24) is 5.32 Å². The quantitative estimate of drug-likeness (QED) is 0.702. The zero-order valence-electron chi connectivity index (χ0n) is 11.3. The van der Waals surface area contributed by atoms with E-state index in [0.29, 0.717) is 0 Å². The Morgan fingerprint density at radius 1 is 1.15 bits per heavy atom. The zero-order valence-corrected chi connectivity index (χ0v) is 13.7. The number of hydrogen-bond donors (Lipinski definition) is 1. The molecule has 0 amide bonds. The van der Waals surface area contributed by atoms with Gasteiger partial charge in [-0.25, -0.2) is 0 Å². The van der Waals surface area contributed by atoms with Gasteiger partial charge in [0.05, 0.1) is 0 Å². The highest BCUT2D eigenvalue weighted by atomic mass is 79.9. The van der Waals surface area contributed by atoms with Gasteiger partial charge in [0.1, 0.15) is 11.5 Å². The largest absolute Gasteiger partial charge is 0.457 e. The SMILES string of the molecule is CCCNCc1cc(Cl)ccc1Oc1ccc(Br)cc1. The first-order chi connectivity index (χ1) is 9.69. The van der Waals surface area contributed by atoms with Crippen LogP contribution in [0.25, 0.3) is 0 Å². The van der Waals surface area contributed by atoms with Crippen LogP contribution in [0, 0.1) is 0 Å². The van der Waals surface area contributed by atoms with E-state index in [1.165, 1.54) is 0 Å². The van der Waals surface area contributed by atoms with E-state index in [4.69, 9.17) is 16.3 Å². The molecule has 2 nitrogen and oxygen atoms in total. The maximum Gasteiger partial charge on any atom is 0.132 e. The molecule has 0 aliphatic rings. The second-order valence-corrected chi connectivity index (χ2v) is 5.84. The van der Waals surface area contributed by atoms with Crippen molar-refractivity contribution in [2.75, 3.05) is 6.54 Å². The minimum absolute atomic E-state index is 0.724. The summed E-state index contributed by atoms with van der Waals surface area (Å²) in [5.74, 6) is 1.65. The third-order valence-electron chi connectivity index (χ3n) is 2.81. The van der Waals surface area contributed by atoms with Gasteiger partial charge >= 0.3 is 0 Å². The predicted octanol–water partition coefficient (Wildman–Crippen LogP) is 5.39. The first kappa shape index (κ1) is 15.4. The van der Waals surface area contributed by atoms with Crippen molar-refractivity contribution < 1.29 is 4.74 Å². The Hall–Kier alpha value is -1.03. The smallest absolute Gasteiger partial charge is 0.132 e. The number of ether oxygens (including phenoxy) is 1. The van der Waals surface area contributed by atoms with E-state index in [0.717, 1.165) is 46.1 Å². The zero-order chi connectivity index (χ0) is 14.4. The molecule has 1 N–H and O–H groups in total. The molecule has 4 heteroatoms. The van der Waals surface area contributed by atoms with Gasteiger partial charge < -0.3 is 10.1 Å². The van der Waals surface area contributed by atoms with Crippen molar-refractivity contribution in [3.05, 3.63) is 57.5 Å². The fourth-order valence-corrected chi connectivity index (χ4v) is 2.27. The van der Waals surface area contributed by atoms with Gasteiger partial charge in [0.25, 0.3) is 0 Å². The number of hydrogen-bond acceptors (Lipinski definition) is 2. The lowest BCUT2D eigenvalue weighted by atomic mass is 10.2. The third kappa shape index (κ3) is 4.51. The fourth-order valence-electron chi connectivity index (χ4n) is 1.82. The van der Waals surface area contributed by atoms with Gasteiger partial charge in [-0.2, -0.15) is 0 Å². The summed E-state index contributed by atoms with van der Waals surface area (Å²) in [6.45, 7) is 3.87. The molecule has 106 valence electrons. The Bertz CT molecular complexity index is 557. The van der Waals surface area contributed by atoms with Gasteiger partial charge in [0.15, 0.2) is 0 Å². The molecule has 2 rings (SSSR count). The Balaban J connectivity index is 2.15. The normalized spacial score (nSPS) is 10.6. The molecule has 2 aromatic carbocycles. The third-order valence-corrected chi connectivity index (χ3v) is 3.57. The number of nitrogens with one attached hydrogen (secondary N) is 1. The molecule has 20 heavy (non-hydrogen) atoms. The van der Waals surface area contributed by atoms with E-state index in [2.05, 4.69) is 28.2 Å². The van der Waals surface area contributed by atoms with Crippen molar-refractivity contribution in [3.63, 3.8) is 0 Å². The molecule has 0 aliphatic carbocycles. The summed E-state index contributed by atoms with van der Waals surface area (Å²) in [6.07, 6.45) is 1.10. The molecule has 0 heterocycles. The molecule has 0 bridgehead atoms. The lowest BCUT2D eigenvalue weighted by molar-refractivity contribution is 0.472. The molecule has 0 fully saturated rings. The van der Waals surface area contributed by atoms with Crippen molar-refractivity contribution in [3.8, 4) is 11.5 Å². The Labute approximate surface area is 133 Å². The van der Waals surface area contributed by atoms with Crippen LogP contribution in [0.2, 0.25) is 5.02 Å². The highest BCUT2D eigenvalue weighted by Crippen LogP contribution is 2.28. The molecule has 0 radical (unpaired) electrons. The van der Waals surface area contributed by atoms with Crippen LogP contribution in [0.1, 0.15) is 18.9 Å². The lowest BCUT2D eigenvalue weighted by Gasteiger charge is -2.12. The molecule has 0 atom stereocenters. The molecule has 0 aromatic heterocycles. The standard InChI is InChI=1S/C16H17BrClNO/c1-2-9-19-11-12-10-14(18)5-8-16(12)20-15-6-3-13(17)4-7-15/h3-8,10,19H,2,9,11H2,1H3.